The molecule has 2 nitrogen and oxygen atoms in total. The molecule has 0 N–H and O–H groups in total. The average Bonchev–Trinajstić information content (AvgIpc) is 2.17. The fraction of sp³-hybridized carbons (Fsp3) is 0.333. The smallest absolute Gasteiger partial charge is 0.171 e. The number of carbonyl (C=O) groups excluding carboxylic acids is 2. The largest absolute Gasteiger partial charge is 0.299 e. The first kappa shape index (κ1) is 13.6. The minimum atomic E-state index is -0.127. The molecule has 16 heavy (non-hydrogen) atoms. The van der Waals surface area contributed by atoms with Crippen LogP contribution in [-0.2, 0) is 4.79 Å². The van der Waals surface area contributed by atoms with Gasteiger partial charge in [-0.25, -0.2) is 0 Å². The van der Waals surface area contributed by atoms with Crippen molar-refractivity contribution in [3.8, 4) is 0 Å². The van der Waals surface area contributed by atoms with E-state index in [0.29, 0.717) is 12.0 Å². The second-order valence-electron chi connectivity index (χ2n) is 3.51. The zero-order valence-corrected chi connectivity index (χ0v) is 12.1. The topological polar surface area (TPSA) is 34.1 Å². The molecule has 4 heteroatoms. The van der Waals surface area contributed by atoms with Gasteiger partial charge >= 0.3 is 0 Å². The Morgan fingerprint density at radius 1 is 1.25 bits per heavy atom. The van der Waals surface area contributed by atoms with Crippen molar-refractivity contribution >= 4 is 43.4 Å². The Labute approximate surface area is 112 Å². The summed E-state index contributed by atoms with van der Waals surface area (Å²) in [6, 6.07) is 5.32. The lowest BCUT2D eigenvalue weighted by Crippen LogP contribution is -2.08. The van der Waals surface area contributed by atoms with Crippen molar-refractivity contribution in [2.24, 2.45) is 0 Å². The Morgan fingerprint density at radius 2 is 1.94 bits per heavy atom. The quantitative estimate of drug-likeness (QED) is 0.592. The number of rotatable bonds is 5. The van der Waals surface area contributed by atoms with Gasteiger partial charge in [0, 0.05) is 20.9 Å². The van der Waals surface area contributed by atoms with Crippen LogP contribution in [-0.4, -0.2) is 11.6 Å². The highest BCUT2D eigenvalue weighted by Gasteiger charge is 2.13. The van der Waals surface area contributed by atoms with Gasteiger partial charge in [0.2, 0.25) is 0 Å². The van der Waals surface area contributed by atoms with Gasteiger partial charge in [-0.15, -0.1) is 0 Å². The van der Waals surface area contributed by atoms with Crippen LogP contribution >= 0.6 is 31.9 Å². The van der Waals surface area contributed by atoms with Crippen LogP contribution in [0.25, 0.3) is 0 Å². The molecule has 0 aliphatic carbocycles. The molecule has 86 valence electrons. The minimum absolute atomic E-state index is 0.00215. The molecule has 0 saturated heterocycles. The van der Waals surface area contributed by atoms with E-state index in [4.69, 9.17) is 0 Å². The van der Waals surface area contributed by atoms with Gasteiger partial charge in [0.15, 0.2) is 5.78 Å². The first-order valence-electron chi connectivity index (χ1n) is 5.04. The van der Waals surface area contributed by atoms with Crippen molar-refractivity contribution in [2.75, 3.05) is 0 Å². The Hall–Kier alpha value is -0.480. The molecular weight excluding hydrogens is 336 g/mol. The highest BCUT2D eigenvalue weighted by Crippen LogP contribution is 2.23. The van der Waals surface area contributed by atoms with E-state index >= 15 is 0 Å². The van der Waals surface area contributed by atoms with E-state index in [9.17, 15) is 9.59 Å². The number of ketones is 2. The maximum absolute atomic E-state index is 11.8. The lowest BCUT2D eigenvalue weighted by Gasteiger charge is -2.03. The molecule has 0 bridgehead atoms. The molecule has 0 saturated carbocycles. The molecule has 0 aliphatic heterocycles. The molecule has 0 heterocycles. The van der Waals surface area contributed by atoms with E-state index in [2.05, 4.69) is 31.9 Å². The summed E-state index contributed by atoms with van der Waals surface area (Å²) in [4.78, 5) is 23.2. The lowest BCUT2D eigenvalue weighted by molar-refractivity contribution is -0.118. The van der Waals surface area contributed by atoms with Gasteiger partial charge in [0.1, 0.15) is 5.78 Å². The summed E-state index contributed by atoms with van der Waals surface area (Å²) in [5, 5.41) is 0. The summed E-state index contributed by atoms with van der Waals surface area (Å²) in [6.07, 6.45) is 1.25. The molecule has 1 rings (SSSR count). The predicted octanol–water partition coefficient (Wildman–Crippen LogP) is 4.15. The van der Waals surface area contributed by atoms with Gasteiger partial charge in [-0.05, 0) is 24.6 Å². The number of Topliss-reactive ketones (excluding diaryl/α,β-unsaturated/α-hetero) is 2. The molecule has 1 aromatic rings. The van der Waals surface area contributed by atoms with Crippen LogP contribution in [0.2, 0.25) is 0 Å². The highest BCUT2D eigenvalue weighted by molar-refractivity contribution is 9.11. The molecule has 1 aromatic carbocycles. The Bertz CT molecular complexity index is 413. The van der Waals surface area contributed by atoms with Crippen molar-refractivity contribution in [1.29, 1.82) is 0 Å². The molecule has 0 unspecified atom stereocenters. The van der Waals surface area contributed by atoms with Crippen LogP contribution in [0.3, 0.4) is 0 Å². The van der Waals surface area contributed by atoms with Crippen LogP contribution in [0.1, 0.15) is 36.5 Å². The number of hydrogen-bond acceptors (Lipinski definition) is 2. The zero-order chi connectivity index (χ0) is 12.1. The third-order valence-corrected chi connectivity index (χ3v) is 3.27. The summed E-state index contributed by atoms with van der Waals surface area (Å²) in [6.45, 7) is 1.93. The Morgan fingerprint density at radius 3 is 2.50 bits per heavy atom. The molecule has 0 amide bonds. The van der Waals surface area contributed by atoms with Crippen LogP contribution in [0.5, 0.6) is 0 Å². The van der Waals surface area contributed by atoms with Crippen molar-refractivity contribution < 1.29 is 9.59 Å². The SMILES string of the molecule is CCCC(=O)CC(=O)c1ccc(Br)cc1Br. The van der Waals surface area contributed by atoms with Gasteiger partial charge in [0.25, 0.3) is 0 Å². The lowest BCUT2D eigenvalue weighted by atomic mass is 10.0. The van der Waals surface area contributed by atoms with E-state index in [1.54, 1.807) is 18.2 Å². The number of carbonyl (C=O) groups is 2. The van der Waals surface area contributed by atoms with Crippen LogP contribution in [0.4, 0.5) is 0 Å². The van der Waals surface area contributed by atoms with Gasteiger partial charge < -0.3 is 0 Å². The second kappa shape index (κ2) is 6.30. The predicted molar refractivity (Wildman–Crippen MR) is 70.7 cm³/mol. The molecule has 0 atom stereocenters. The van der Waals surface area contributed by atoms with Crippen molar-refractivity contribution in [2.45, 2.75) is 26.2 Å². The molecular formula is C12H12Br2O2. The molecule has 0 spiro atoms. The summed E-state index contributed by atoms with van der Waals surface area (Å²) < 4.78 is 1.62. The van der Waals surface area contributed by atoms with Gasteiger partial charge in [-0.2, -0.15) is 0 Å². The summed E-state index contributed by atoms with van der Waals surface area (Å²) in [5.41, 5.74) is 0.563. The summed E-state index contributed by atoms with van der Waals surface area (Å²) in [7, 11) is 0. The van der Waals surface area contributed by atoms with Crippen molar-refractivity contribution in [1.82, 2.24) is 0 Å². The highest BCUT2D eigenvalue weighted by atomic mass is 79.9. The van der Waals surface area contributed by atoms with Crippen molar-refractivity contribution in [3.63, 3.8) is 0 Å². The molecule has 0 aromatic heterocycles. The molecule has 0 fully saturated rings. The second-order valence-corrected chi connectivity index (χ2v) is 5.28. The van der Waals surface area contributed by atoms with Crippen LogP contribution in [0.15, 0.2) is 27.1 Å². The summed E-state index contributed by atoms with van der Waals surface area (Å²) >= 11 is 6.63. The van der Waals surface area contributed by atoms with Crippen molar-refractivity contribution in [3.05, 3.63) is 32.7 Å². The van der Waals surface area contributed by atoms with E-state index in [0.717, 1.165) is 15.4 Å². The standard InChI is InChI=1S/C12H12Br2O2/c1-2-3-9(15)7-12(16)10-5-4-8(13)6-11(10)14/h4-6H,2-3,7H2,1H3. The van der Waals surface area contributed by atoms with Gasteiger partial charge in [-0.1, -0.05) is 38.8 Å². The fourth-order valence-corrected chi connectivity index (χ4v) is 2.63. The number of hydrogen-bond donors (Lipinski definition) is 0. The normalized spacial score (nSPS) is 10.2. The maximum Gasteiger partial charge on any atom is 0.171 e. The van der Waals surface area contributed by atoms with E-state index in [-0.39, 0.29) is 18.0 Å². The third-order valence-electron chi connectivity index (χ3n) is 2.12. The van der Waals surface area contributed by atoms with Crippen LogP contribution in [0, 0.1) is 0 Å². The Balaban J connectivity index is 2.77. The molecule has 0 radical (unpaired) electrons. The first-order valence-corrected chi connectivity index (χ1v) is 6.63. The monoisotopic (exact) mass is 346 g/mol. The van der Waals surface area contributed by atoms with Crippen LogP contribution < -0.4 is 0 Å². The number of halogens is 2. The summed E-state index contributed by atoms with van der Waals surface area (Å²) in [5.74, 6) is -0.125. The first-order chi connectivity index (χ1) is 7.54. The van der Waals surface area contributed by atoms with Gasteiger partial charge in [0.05, 0.1) is 6.42 Å². The van der Waals surface area contributed by atoms with E-state index < -0.39 is 0 Å². The van der Waals surface area contributed by atoms with E-state index in [1.165, 1.54) is 0 Å². The minimum Gasteiger partial charge on any atom is -0.299 e. The third kappa shape index (κ3) is 3.83. The molecule has 0 aliphatic rings. The maximum atomic E-state index is 11.8. The Kier molecular flexibility index (Phi) is 5.35. The average molecular weight is 348 g/mol. The fourth-order valence-electron chi connectivity index (χ4n) is 1.36. The van der Waals surface area contributed by atoms with E-state index in [1.807, 2.05) is 6.92 Å². The number of benzene rings is 1. The van der Waals surface area contributed by atoms with Gasteiger partial charge in [-0.3, -0.25) is 9.59 Å². The zero-order valence-electron chi connectivity index (χ0n) is 8.93.